The lowest BCUT2D eigenvalue weighted by atomic mass is 9.96. The SMILES string of the molecule is CCOC(=O)c1ccc(N2CCC(CNCC(O)COc3ccc(O)cc3)CC2)nc1. The molecule has 3 N–H and O–H groups in total. The quantitative estimate of drug-likeness (QED) is 0.494. The second-order valence-electron chi connectivity index (χ2n) is 7.67. The number of esters is 1. The highest BCUT2D eigenvalue weighted by atomic mass is 16.5. The molecule has 1 saturated heterocycles. The fourth-order valence-electron chi connectivity index (χ4n) is 3.52. The molecule has 8 heteroatoms. The average Bonchev–Trinajstić information content (AvgIpc) is 2.79. The van der Waals surface area contributed by atoms with Crippen LogP contribution in [0.3, 0.4) is 0 Å². The van der Waals surface area contributed by atoms with Gasteiger partial charge in [0, 0.05) is 25.8 Å². The van der Waals surface area contributed by atoms with Gasteiger partial charge in [0.25, 0.3) is 0 Å². The second-order valence-corrected chi connectivity index (χ2v) is 7.67. The lowest BCUT2D eigenvalue weighted by molar-refractivity contribution is 0.0526. The summed E-state index contributed by atoms with van der Waals surface area (Å²) in [6.07, 6.45) is 3.04. The molecule has 1 aliphatic rings. The standard InChI is InChI=1S/C23H31N3O5/c1-2-30-23(29)18-3-8-22(25-14-18)26-11-9-17(10-12-26)13-24-15-20(28)16-31-21-6-4-19(27)5-7-21/h3-8,14,17,20,24,27-28H,2,9-13,15-16H2,1H3. The van der Waals surface area contributed by atoms with Gasteiger partial charge in [0.05, 0.1) is 12.2 Å². The second kappa shape index (κ2) is 11.5. The number of carbonyl (C=O) groups is 1. The lowest BCUT2D eigenvalue weighted by Gasteiger charge is -2.33. The van der Waals surface area contributed by atoms with Gasteiger partial charge >= 0.3 is 5.97 Å². The highest BCUT2D eigenvalue weighted by Gasteiger charge is 2.20. The van der Waals surface area contributed by atoms with Crippen LogP contribution in [0.4, 0.5) is 5.82 Å². The van der Waals surface area contributed by atoms with Crippen molar-refractivity contribution in [3.8, 4) is 11.5 Å². The molecule has 1 fully saturated rings. The number of ether oxygens (including phenoxy) is 2. The minimum atomic E-state index is -0.601. The summed E-state index contributed by atoms with van der Waals surface area (Å²) in [5, 5.41) is 22.7. The van der Waals surface area contributed by atoms with E-state index in [4.69, 9.17) is 9.47 Å². The molecule has 0 aliphatic carbocycles. The van der Waals surface area contributed by atoms with Crippen LogP contribution in [0.15, 0.2) is 42.6 Å². The van der Waals surface area contributed by atoms with Crippen molar-refractivity contribution < 1.29 is 24.5 Å². The van der Waals surface area contributed by atoms with Gasteiger partial charge in [0.15, 0.2) is 0 Å². The van der Waals surface area contributed by atoms with E-state index in [0.717, 1.165) is 38.3 Å². The zero-order chi connectivity index (χ0) is 22.1. The van der Waals surface area contributed by atoms with E-state index in [1.807, 2.05) is 6.07 Å². The molecule has 2 heterocycles. The number of nitrogens with one attached hydrogen (secondary N) is 1. The number of phenols is 1. The van der Waals surface area contributed by atoms with Gasteiger partial charge < -0.3 is 29.9 Å². The molecule has 0 amide bonds. The third kappa shape index (κ3) is 7.11. The Morgan fingerprint density at radius 1 is 1.23 bits per heavy atom. The van der Waals surface area contributed by atoms with Crippen LogP contribution in [0.2, 0.25) is 0 Å². The molecule has 31 heavy (non-hydrogen) atoms. The number of benzene rings is 1. The lowest BCUT2D eigenvalue weighted by Crippen LogP contribution is -2.40. The van der Waals surface area contributed by atoms with Crippen molar-refractivity contribution in [2.75, 3.05) is 44.3 Å². The van der Waals surface area contributed by atoms with Crippen LogP contribution >= 0.6 is 0 Å². The van der Waals surface area contributed by atoms with Gasteiger partial charge in [0.1, 0.15) is 30.0 Å². The molecule has 1 unspecified atom stereocenters. The number of aliphatic hydroxyl groups is 1. The van der Waals surface area contributed by atoms with E-state index in [9.17, 15) is 15.0 Å². The van der Waals surface area contributed by atoms with Gasteiger partial charge in [0.2, 0.25) is 0 Å². The van der Waals surface area contributed by atoms with E-state index in [-0.39, 0.29) is 18.3 Å². The number of aromatic hydroxyl groups is 1. The maximum atomic E-state index is 11.7. The molecule has 8 nitrogen and oxygen atoms in total. The molecule has 168 valence electrons. The van der Waals surface area contributed by atoms with Crippen LogP contribution in [0, 0.1) is 5.92 Å². The number of rotatable bonds is 10. The molecule has 1 aromatic heterocycles. The number of aliphatic hydroxyl groups excluding tert-OH is 1. The number of anilines is 1. The van der Waals surface area contributed by atoms with Crippen LogP contribution in [0.1, 0.15) is 30.1 Å². The van der Waals surface area contributed by atoms with E-state index in [1.165, 1.54) is 0 Å². The van der Waals surface area contributed by atoms with Crippen LogP contribution < -0.4 is 15.0 Å². The Balaban J connectivity index is 1.32. The third-order valence-corrected chi connectivity index (χ3v) is 5.29. The van der Waals surface area contributed by atoms with Crippen molar-refractivity contribution in [3.63, 3.8) is 0 Å². The van der Waals surface area contributed by atoms with E-state index >= 15 is 0 Å². The summed E-state index contributed by atoms with van der Waals surface area (Å²) in [6, 6.07) is 10.1. The fourth-order valence-corrected chi connectivity index (χ4v) is 3.52. The molecule has 1 aliphatic heterocycles. The highest BCUT2D eigenvalue weighted by Crippen LogP contribution is 2.22. The molecule has 3 rings (SSSR count). The largest absolute Gasteiger partial charge is 0.508 e. The molecular formula is C23H31N3O5. The Kier molecular flexibility index (Phi) is 8.49. The zero-order valence-corrected chi connectivity index (χ0v) is 17.9. The first-order chi connectivity index (χ1) is 15.0. The Hall–Kier alpha value is -2.84. The van der Waals surface area contributed by atoms with Gasteiger partial charge in [-0.1, -0.05) is 0 Å². The maximum absolute atomic E-state index is 11.7. The molecule has 0 bridgehead atoms. The predicted molar refractivity (Wildman–Crippen MR) is 118 cm³/mol. The fraction of sp³-hybridized carbons (Fsp3) is 0.478. The number of carbonyl (C=O) groups excluding carboxylic acids is 1. The van der Waals surface area contributed by atoms with E-state index < -0.39 is 6.10 Å². The number of pyridine rings is 1. The monoisotopic (exact) mass is 429 g/mol. The number of piperidine rings is 1. The normalized spacial score (nSPS) is 15.5. The van der Waals surface area contributed by atoms with E-state index in [2.05, 4.69) is 15.2 Å². The van der Waals surface area contributed by atoms with Crippen LogP contribution in [0.25, 0.3) is 0 Å². The summed E-state index contributed by atoms with van der Waals surface area (Å²) in [5.74, 6) is 1.88. The number of hydrogen-bond acceptors (Lipinski definition) is 8. The highest BCUT2D eigenvalue weighted by molar-refractivity contribution is 5.89. The topological polar surface area (TPSA) is 104 Å². The van der Waals surface area contributed by atoms with Crippen molar-refractivity contribution in [1.82, 2.24) is 10.3 Å². The predicted octanol–water partition coefficient (Wildman–Crippen LogP) is 2.21. The van der Waals surface area contributed by atoms with E-state index in [0.29, 0.717) is 30.4 Å². The minimum Gasteiger partial charge on any atom is -0.508 e. The maximum Gasteiger partial charge on any atom is 0.339 e. The Labute approximate surface area is 182 Å². The Bertz CT molecular complexity index is 805. The first-order valence-corrected chi connectivity index (χ1v) is 10.7. The third-order valence-electron chi connectivity index (χ3n) is 5.29. The number of phenolic OH excluding ortho intramolecular Hbond substituents is 1. The van der Waals surface area contributed by atoms with Crippen LogP contribution in [0.5, 0.6) is 11.5 Å². The minimum absolute atomic E-state index is 0.185. The van der Waals surface area contributed by atoms with Crippen LogP contribution in [-0.4, -0.2) is 66.7 Å². The number of hydrogen-bond donors (Lipinski definition) is 3. The summed E-state index contributed by atoms with van der Waals surface area (Å²) >= 11 is 0. The summed E-state index contributed by atoms with van der Waals surface area (Å²) in [7, 11) is 0. The summed E-state index contributed by atoms with van der Waals surface area (Å²) < 4.78 is 10.5. The van der Waals surface area contributed by atoms with Gasteiger partial charge in [-0.2, -0.15) is 0 Å². The molecule has 1 aromatic carbocycles. The van der Waals surface area contributed by atoms with Crippen molar-refractivity contribution in [1.29, 1.82) is 0 Å². The molecule has 0 spiro atoms. The summed E-state index contributed by atoms with van der Waals surface area (Å²) in [6.45, 7) is 5.46. The summed E-state index contributed by atoms with van der Waals surface area (Å²) in [4.78, 5) is 18.4. The zero-order valence-electron chi connectivity index (χ0n) is 17.9. The van der Waals surface area contributed by atoms with Gasteiger partial charge in [-0.25, -0.2) is 9.78 Å². The molecule has 0 saturated carbocycles. The van der Waals surface area contributed by atoms with Crippen LogP contribution in [-0.2, 0) is 4.74 Å². The first kappa shape index (κ1) is 22.8. The molecule has 1 atom stereocenters. The first-order valence-electron chi connectivity index (χ1n) is 10.7. The van der Waals surface area contributed by atoms with Gasteiger partial charge in [-0.15, -0.1) is 0 Å². The smallest absolute Gasteiger partial charge is 0.339 e. The van der Waals surface area contributed by atoms with Gasteiger partial charge in [-0.3, -0.25) is 0 Å². The molecular weight excluding hydrogens is 398 g/mol. The van der Waals surface area contributed by atoms with Gasteiger partial charge in [-0.05, 0) is 68.6 Å². The molecule has 0 radical (unpaired) electrons. The number of aromatic nitrogens is 1. The Morgan fingerprint density at radius 2 is 1.97 bits per heavy atom. The molecule has 2 aromatic rings. The summed E-state index contributed by atoms with van der Waals surface area (Å²) in [5.41, 5.74) is 0.470. The van der Waals surface area contributed by atoms with Crippen molar-refractivity contribution in [3.05, 3.63) is 48.2 Å². The number of nitrogens with zero attached hydrogens (tertiary/aromatic N) is 2. The van der Waals surface area contributed by atoms with Crippen molar-refractivity contribution in [2.24, 2.45) is 5.92 Å². The van der Waals surface area contributed by atoms with E-state index in [1.54, 1.807) is 43.5 Å². The average molecular weight is 430 g/mol. The Morgan fingerprint density at radius 3 is 2.61 bits per heavy atom. The van der Waals surface area contributed by atoms with Crippen molar-refractivity contribution >= 4 is 11.8 Å². The van der Waals surface area contributed by atoms with Crippen molar-refractivity contribution in [2.45, 2.75) is 25.9 Å².